The van der Waals surface area contributed by atoms with Gasteiger partial charge in [0.2, 0.25) is 5.95 Å². The van der Waals surface area contributed by atoms with Gasteiger partial charge in [0.25, 0.3) is 11.1 Å². The van der Waals surface area contributed by atoms with Crippen LogP contribution in [0.4, 0.5) is 11.8 Å². The van der Waals surface area contributed by atoms with Gasteiger partial charge in [-0.3, -0.25) is 9.59 Å². The van der Waals surface area contributed by atoms with E-state index in [1.54, 1.807) is 4.57 Å². The lowest BCUT2D eigenvalue weighted by molar-refractivity contribution is 0.122. The highest BCUT2D eigenvalue weighted by Crippen LogP contribution is 2.25. The number of aryl methyl sites for hydroxylation is 1. The SMILES string of the molecule is CCn1c(N2CCCC(N)C2)nc2c(=O)n(CC#N)n(Cc3nc(N4CCOCC4)c4ccccc4n3)c(=O)c21. The van der Waals surface area contributed by atoms with Crippen LogP contribution >= 0.6 is 0 Å². The first-order valence-corrected chi connectivity index (χ1v) is 13.7. The Hall–Kier alpha value is -4.28. The lowest BCUT2D eigenvalue weighted by atomic mass is 10.1. The molecule has 2 saturated heterocycles. The molecule has 40 heavy (non-hydrogen) atoms. The Bertz CT molecular complexity index is 1730. The van der Waals surface area contributed by atoms with Gasteiger partial charge in [0.05, 0.1) is 24.8 Å². The average Bonchev–Trinajstić information content (AvgIpc) is 3.38. The molecule has 2 aliphatic heterocycles. The highest BCUT2D eigenvalue weighted by molar-refractivity contribution is 5.89. The van der Waals surface area contributed by atoms with Crippen LogP contribution in [0.2, 0.25) is 0 Å². The highest BCUT2D eigenvalue weighted by Gasteiger charge is 2.27. The third kappa shape index (κ3) is 4.48. The lowest BCUT2D eigenvalue weighted by Gasteiger charge is -2.31. The van der Waals surface area contributed by atoms with Gasteiger partial charge in [0.15, 0.2) is 11.3 Å². The van der Waals surface area contributed by atoms with Crippen LogP contribution < -0.4 is 26.7 Å². The topological polar surface area (TPSA) is 153 Å². The number of hydrogen-bond donors (Lipinski definition) is 1. The van der Waals surface area contributed by atoms with Crippen LogP contribution in [0.25, 0.3) is 21.9 Å². The van der Waals surface area contributed by atoms with Gasteiger partial charge in [-0.05, 0) is 31.9 Å². The Kier molecular flexibility index (Phi) is 6.95. The van der Waals surface area contributed by atoms with Crippen molar-refractivity contribution in [3.8, 4) is 6.07 Å². The smallest absolute Gasteiger partial charge is 0.294 e. The average molecular weight is 545 g/mol. The minimum Gasteiger partial charge on any atom is -0.378 e. The maximum absolute atomic E-state index is 14.1. The molecule has 3 aromatic heterocycles. The summed E-state index contributed by atoms with van der Waals surface area (Å²) in [5, 5.41) is 10.5. The van der Waals surface area contributed by atoms with Crippen molar-refractivity contribution in [1.82, 2.24) is 28.9 Å². The summed E-state index contributed by atoms with van der Waals surface area (Å²) in [6, 6.07) is 9.74. The molecule has 0 bridgehead atoms. The molecule has 0 saturated carbocycles. The molecule has 13 nitrogen and oxygen atoms in total. The molecule has 1 atom stereocenters. The van der Waals surface area contributed by atoms with Crippen LogP contribution in [0.15, 0.2) is 33.9 Å². The second kappa shape index (κ2) is 10.7. The minimum absolute atomic E-state index is 0.00325. The zero-order valence-electron chi connectivity index (χ0n) is 22.5. The zero-order chi connectivity index (χ0) is 27.8. The molecule has 0 spiro atoms. The molecule has 2 fully saturated rings. The standard InChI is InChI=1S/C27H32N10O3/c1-2-35-23-22(32-27(35)34-10-5-6-18(29)16-34)25(38)36(11-9-28)37(26(23)39)17-21-30-20-8-4-3-7-19(20)24(31-21)33-12-14-40-15-13-33/h3-4,7-8,18H,2,5-6,10-17,29H2,1H3. The van der Waals surface area contributed by atoms with Crippen molar-refractivity contribution in [2.45, 2.75) is 45.4 Å². The van der Waals surface area contributed by atoms with E-state index in [0.29, 0.717) is 51.2 Å². The van der Waals surface area contributed by atoms with E-state index in [1.807, 2.05) is 42.2 Å². The normalized spacial score (nSPS) is 18.0. The molecule has 0 amide bonds. The van der Waals surface area contributed by atoms with E-state index >= 15 is 0 Å². The summed E-state index contributed by atoms with van der Waals surface area (Å²) in [4.78, 5) is 46.2. The Labute approximate surface area is 230 Å². The Morgan fingerprint density at radius 2 is 1.85 bits per heavy atom. The van der Waals surface area contributed by atoms with E-state index in [-0.39, 0.29) is 30.2 Å². The van der Waals surface area contributed by atoms with E-state index in [0.717, 1.165) is 40.8 Å². The van der Waals surface area contributed by atoms with Crippen molar-refractivity contribution in [2.75, 3.05) is 49.2 Å². The van der Waals surface area contributed by atoms with E-state index in [9.17, 15) is 14.9 Å². The van der Waals surface area contributed by atoms with Crippen molar-refractivity contribution in [3.05, 3.63) is 50.8 Å². The number of rotatable bonds is 6. The molecule has 1 unspecified atom stereocenters. The number of nitrogens with zero attached hydrogens (tertiary/aromatic N) is 9. The summed E-state index contributed by atoms with van der Waals surface area (Å²) in [6.07, 6.45) is 1.82. The van der Waals surface area contributed by atoms with Gasteiger partial charge in [-0.25, -0.2) is 24.3 Å². The number of ether oxygens (including phenoxy) is 1. The molecule has 13 heteroatoms. The molecule has 6 rings (SSSR count). The van der Waals surface area contributed by atoms with Gasteiger partial charge in [-0.2, -0.15) is 5.26 Å². The van der Waals surface area contributed by atoms with Crippen molar-refractivity contribution < 1.29 is 4.74 Å². The summed E-state index contributed by atoms with van der Waals surface area (Å²) in [6.45, 7) is 5.87. The number of imidazole rings is 1. The number of aromatic nitrogens is 6. The third-order valence-electron chi connectivity index (χ3n) is 7.62. The van der Waals surface area contributed by atoms with E-state index < -0.39 is 11.1 Å². The molecule has 1 aromatic carbocycles. The fraction of sp³-hybridized carbons (Fsp3) is 0.481. The molecule has 0 aliphatic carbocycles. The fourth-order valence-corrected chi connectivity index (χ4v) is 5.71. The molecule has 2 N–H and O–H groups in total. The van der Waals surface area contributed by atoms with Gasteiger partial charge in [-0.15, -0.1) is 0 Å². The highest BCUT2D eigenvalue weighted by atomic mass is 16.5. The summed E-state index contributed by atoms with van der Waals surface area (Å²) in [5.74, 6) is 1.69. The first kappa shape index (κ1) is 26.0. The van der Waals surface area contributed by atoms with Crippen LogP contribution in [0.5, 0.6) is 0 Å². The predicted molar refractivity (Wildman–Crippen MR) is 151 cm³/mol. The number of fused-ring (bicyclic) bond motifs is 2. The molecule has 5 heterocycles. The number of nitriles is 1. The predicted octanol–water partition coefficient (Wildman–Crippen LogP) is 0.659. The summed E-state index contributed by atoms with van der Waals surface area (Å²) >= 11 is 0. The number of nitrogens with two attached hydrogens (primary N) is 1. The number of anilines is 2. The maximum Gasteiger partial charge on any atom is 0.294 e. The van der Waals surface area contributed by atoms with E-state index in [2.05, 4.69) is 9.88 Å². The molecule has 4 aromatic rings. The Morgan fingerprint density at radius 3 is 2.60 bits per heavy atom. The summed E-state index contributed by atoms with van der Waals surface area (Å²) < 4.78 is 9.74. The largest absolute Gasteiger partial charge is 0.378 e. The molecule has 0 radical (unpaired) electrons. The first-order chi connectivity index (χ1) is 19.5. The Morgan fingerprint density at radius 1 is 1.05 bits per heavy atom. The van der Waals surface area contributed by atoms with Crippen LogP contribution in [-0.2, 0) is 24.4 Å². The minimum atomic E-state index is -0.500. The van der Waals surface area contributed by atoms with Crippen LogP contribution in [0.1, 0.15) is 25.6 Å². The van der Waals surface area contributed by atoms with Gasteiger partial charge >= 0.3 is 0 Å². The van der Waals surface area contributed by atoms with Gasteiger partial charge in [-0.1, -0.05) is 12.1 Å². The number of morpholine rings is 1. The summed E-state index contributed by atoms with van der Waals surface area (Å²) in [7, 11) is 0. The van der Waals surface area contributed by atoms with Gasteiger partial charge in [0.1, 0.15) is 24.4 Å². The van der Waals surface area contributed by atoms with Crippen molar-refractivity contribution in [1.29, 1.82) is 5.26 Å². The second-order valence-electron chi connectivity index (χ2n) is 10.2. The first-order valence-electron chi connectivity index (χ1n) is 13.7. The molecule has 208 valence electrons. The van der Waals surface area contributed by atoms with Crippen LogP contribution in [-0.4, -0.2) is 74.3 Å². The van der Waals surface area contributed by atoms with Crippen molar-refractivity contribution >= 4 is 33.7 Å². The van der Waals surface area contributed by atoms with Gasteiger partial charge in [0, 0.05) is 44.2 Å². The van der Waals surface area contributed by atoms with Crippen molar-refractivity contribution in [3.63, 3.8) is 0 Å². The lowest BCUT2D eigenvalue weighted by Crippen LogP contribution is -2.44. The third-order valence-corrected chi connectivity index (χ3v) is 7.62. The zero-order valence-corrected chi connectivity index (χ0v) is 22.5. The van der Waals surface area contributed by atoms with Crippen LogP contribution in [0, 0.1) is 11.3 Å². The quantitative estimate of drug-likeness (QED) is 0.366. The fourth-order valence-electron chi connectivity index (χ4n) is 5.71. The molecular weight excluding hydrogens is 512 g/mol. The summed E-state index contributed by atoms with van der Waals surface area (Å²) in [5.41, 5.74) is 6.30. The van der Waals surface area contributed by atoms with Gasteiger partial charge < -0.3 is 24.8 Å². The number of benzene rings is 1. The number of hydrogen-bond acceptors (Lipinski definition) is 10. The van der Waals surface area contributed by atoms with Crippen molar-refractivity contribution in [2.24, 2.45) is 5.73 Å². The maximum atomic E-state index is 14.1. The number of para-hydroxylation sites is 1. The Balaban J connectivity index is 1.51. The van der Waals surface area contributed by atoms with E-state index in [4.69, 9.17) is 20.4 Å². The van der Waals surface area contributed by atoms with Crippen LogP contribution in [0.3, 0.4) is 0 Å². The molecule has 2 aliphatic rings. The van der Waals surface area contributed by atoms with E-state index in [1.165, 1.54) is 4.68 Å². The second-order valence-corrected chi connectivity index (χ2v) is 10.2. The molecular formula is C27H32N10O3. The monoisotopic (exact) mass is 544 g/mol. The number of piperidine rings is 1.